The number of nitrogens with zero attached hydrogens (tertiary/aromatic N) is 3. The molecule has 1 N–H and O–H groups in total. The lowest BCUT2D eigenvalue weighted by Gasteiger charge is -2.35. The van der Waals surface area contributed by atoms with Crippen LogP contribution in [0.1, 0.15) is 55.0 Å². The second-order valence-electron chi connectivity index (χ2n) is 8.67. The van der Waals surface area contributed by atoms with Crippen molar-refractivity contribution in [1.82, 2.24) is 14.7 Å². The number of anilines is 1. The number of ether oxygens (including phenoxy) is 1. The van der Waals surface area contributed by atoms with Crippen LogP contribution < -0.4 is 10.1 Å². The quantitative estimate of drug-likeness (QED) is 0.608. The van der Waals surface area contributed by atoms with Crippen LogP contribution in [0.2, 0.25) is 0 Å². The summed E-state index contributed by atoms with van der Waals surface area (Å²) in [6.07, 6.45) is 7.24. The summed E-state index contributed by atoms with van der Waals surface area (Å²) >= 11 is 0. The number of hydrogen-bond donors (Lipinski definition) is 1. The van der Waals surface area contributed by atoms with E-state index in [1.807, 2.05) is 12.1 Å². The van der Waals surface area contributed by atoms with E-state index in [4.69, 9.17) is 9.84 Å². The molecule has 1 saturated heterocycles. The molecule has 5 rings (SSSR count). The van der Waals surface area contributed by atoms with Gasteiger partial charge in [-0.2, -0.15) is 5.10 Å². The van der Waals surface area contributed by atoms with Crippen LogP contribution in [-0.2, 0) is 13.0 Å². The first-order chi connectivity index (χ1) is 15.3. The number of piperidine rings is 1. The molecule has 5 nitrogen and oxygen atoms in total. The second kappa shape index (κ2) is 9.15. The number of likely N-dealkylation sites (tertiary alicyclic amines) is 1. The number of nitrogens with one attached hydrogen (secondary N) is 1. The first kappa shape index (κ1) is 20.1. The van der Waals surface area contributed by atoms with Gasteiger partial charge in [-0.25, -0.2) is 4.68 Å². The van der Waals surface area contributed by atoms with Gasteiger partial charge in [0.05, 0.1) is 24.5 Å². The lowest BCUT2D eigenvalue weighted by Crippen LogP contribution is -2.33. The van der Waals surface area contributed by atoms with Crippen LogP contribution in [0.15, 0.2) is 54.6 Å². The third-order valence-electron chi connectivity index (χ3n) is 6.64. The zero-order valence-electron chi connectivity index (χ0n) is 18.4. The summed E-state index contributed by atoms with van der Waals surface area (Å²) in [7, 11) is 1.71. The zero-order chi connectivity index (χ0) is 21.0. The molecular weight excluding hydrogens is 384 g/mol. The molecule has 1 aromatic heterocycles. The van der Waals surface area contributed by atoms with E-state index < -0.39 is 0 Å². The Balaban J connectivity index is 1.53. The minimum absolute atomic E-state index is 0.377. The topological polar surface area (TPSA) is 42.3 Å². The first-order valence-corrected chi connectivity index (χ1v) is 11.6. The van der Waals surface area contributed by atoms with Crippen LogP contribution in [0.5, 0.6) is 5.75 Å². The van der Waals surface area contributed by atoms with Crippen molar-refractivity contribution in [3.8, 4) is 11.4 Å². The molecule has 3 heterocycles. The van der Waals surface area contributed by atoms with Crippen LogP contribution in [0, 0.1) is 0 Å². The summed E-state index contributed by atoms with van der Waals surface area (Å²) < 4.78 is 7.49. The van der Waals surface area contributed by atoms with Gasteiger partial charge in [0.25, 0.3) is 0 Å². The lowest BCUT2D eigenvalue weighted by molar-refractivity contribution is 0.136. The second-order valence-corrected chi connectivity index (χ2v) is 8.67. The van der Waals surface area contributed by atoms with E-state index >= 15 is 0 Å². The lowest BCUT2D eigenvalue weighted by atomic mass is 9.94. The molecule has 1 atom stereocenters. The molecule has 0 amide bonds. The van der Waals surface area contributed by atoms with Gasteiger partial charge in [-0.3, -0.25) is 4.90 Å². The Morgan fingerprint density at radius 3 is 2.65 bits per heavy atom. The van der Waals surface area contributed by atoms with Crippen molar-refractivity contribution >= 4 is 5.82 Å². The number of aromatic nitrogens is 2. The summed E-state index contributed by atoms with van der Waals surface area (Å²) in [6.45, 7) is 3.13. The maximum absolute atomic E-state index is 5.36. The Morgan fingerprint density at radius 1 is 1.00 bits per heavy atom. The van der Waals surface area contributed by atoms with Gasteiger partial charge >= 0.3 is 0 Å². The van der Waals surface area contributed by atoms with Crippen molar-refractivity contribution in [1.29, 1.82) is 0 Å². The van der Waals surface area contributed by atoms with Crippen LogP contribution in [-0.4, -0.2) is 34.9 Å². The highest BCUT2D eigenvalue weighted by molar-refractivity contribution is 5.55. The highest BCUT2D eigenvalue weighted by atomic mass is 16.5. The number of benzene rings is 2. The Hall–Kier alpha value is -2.79. The van der Waals surface area contributed by atoms with Crippen LogP contribution in [0.4, 0.5) is 5.82 Å². The molecular formula is C26H32N4O. The molecule has 31 heavy (non-hydrogen) atoms. The summed E-state index contributed by atoms with van der Waals surface area (Å²) in [5, 5.41) is 8.94. The van der Waals surface area contributed by atoms with Crippen molar-refractivity contribution in [3.05, 3.63) is 71.4 Å². The maximum Gasteiger partial charge on any atom is 0.133 e. The van der Waals surface area contributed by atoms with Crippen molar-refractivity contribution in [3.63, 3.8) is 0 Å². The molecule has 1 fully saturated rings. The fourth-order valence-electron chi connectivity index (χ4n) is 5.01. The van der Waals surface area contributed by atoms with Crippen LogP contribution in [0.25, 0.3) is 5.69 Å². The smallest absolute Gasteiger partial charge is 0.133 e. The van der Waals surface area contributed by atoms with Gasteiger partial charge in [0.15, 0.2) is 0 Å². The zero-order valence-corrected chi connectivity index (χ0v) is 18.4. The molecule has 3 aromatic rings. The minimum Gasteiger partial charge on any atom is -0.497 e. The van der Waals surface area contributed by atoms with Crippen molar-refractivity contribution in [2.24, 2.45) is 0 Å². The van der Waals surface area contributed by atoms with Gasteiger partial charge in [0.1, 0.15) is 11.6 Å². The maximum atomic E-state index is 5.36. The van der Waals surface area contributed by atoms with Gasteiger partial charge in [-0.15, -0.1) is 0 Å². The highest BCUT2D eigenvalue weighted by Gasteiger charge is 2.31. The summed E-state index contributed by atoms with van der Waals surface area (Å²) in [5.74, 6) is 2.05. The summed E-state index contributed by atoms with van der Waals surface area (Å²) in [4.78, 5) is 2.64. The van der Waals surface area contributed by atoms with Crippen LogP contribution in [0.3, 0.4) is 0 Å². The van der Waals surface area contributed by atoms with E-state index in [9.17, 15) is 0 Å². The van der Waals surface area contributed by atoms with Gasteiger partial charge in [-0.05, 0) is 68.5 Å². The van der Waals surface area contributed by atoms with E-state index in [1.165, 1.54) is 54.7 Å². The molecule has 162 valence electrons. The SMILES string of the molecule is COc1ccc(-n2nc(C3CCCCN3Cc3ccccc3)c3c2NCCCC3)cc1. The molecule has 1 unspecified atom stereocenters. The Bertz CT molecular complexity index is 996. The van der Waals surface area contributed by atoms with E-state index in [2.05, 4.69) is 57.4 Å². The Labute approximate surface area is 185 Å². The molecule has 0 spiro atoms. The molecule has 5 heteroatoms. The molecule has 0 radical (unpaired) electrons. The summed E-state index contributed by atoms with van der Waals surface area (Å²) in [5.41, 5.74) is 5.16. The molecule has 2 aliphatic rings. The first-order valence-electron chi connectivity index (χ1n) is 11.6. The molecule has 0 bridgehead atoms. The van der Waals surface area contributed by atoms with E-state index in [0.717, 1.165) is 37.5 Å². The van der Waals surface area contributed by atoms with Crippen molar-refractivity contribution in [2.75, 3.05) is 25.5 Å². The van der Waals surface area contributed by atoms with Gasteiger partial charge in [-0.1, -0.05) is 36.8 Å². The van der Waals surface area contributed by atoms with E-state index in [1.54, 1.807) is 7.11 Å². The number of hydrogen-bond acceptors (Lipinski definition) is 4. The highest BCUT2D eigenvalue weighted by Crippen LogP contribution is 2.38. The number of rotatable bonds is 5. The molecule has 0 saturated carbocycles. The van der Waals surface area contributed by atoms with Crippen molar-refractivity contribution < 1.29 is 4.74 Å². The normalized spacial score (nSPS) is 19.3. The average Bonchev–Trinajstić information content (AvgIpc) is 3.00. The number of methoxy groups -OCH3 is 1. The fourth-order valence-corrected chi connectivity index (χ4v) is 5.01. The number of fused-ring (bicyclic) bond motifs is 1. The fraction of sp³-hybridized carbons (Fsp3) is 0.423. The third kappa shape index (κ3) is 4.19. The standard InChI is InChI=1S/C26H32N4O/c1-31-22-15-13-21(14-16-22)30-26-23(11-5-7-17-27-26)25(28-30)24-12-6-8-18-29(24)19-20-9-3-2-4-10-20/h2-4,9-10,13-16,24,27H,5-8,11-12,17-19H2,1H3. The van der Waals surface area contributed by atoms with Gasteiger partial charge in [0.2, 0.25) is 0 Å². The van der Waals surface area contributed by atoms with E-state index in [0.29, 0.717) is 6.04 Å². The van der Waals surface area contributed by atoms with Gasteiger partial charge in [0, 0.05) is 18.7 Å². The molecule has 2 aliphatic heterocycles. The van der Waals surface area contributed by atoms with Crippen molar-refractivity contribution in [2.45, 2.75) is 51.1 Å². The van der Waals surface area contributed by atoms with Gasteiger partial charge < -0.3 is 10.1 Å². The minimum atomic E-state index is 0.377. The largest absolute Gasteiger partial charge is 0.497 e. The monoisotopic (exact) mass is 416 g/mol. The molecule has 0 aliphatic carbocycles. The average molecular weight is 417 g/mol. The Kier molecular flexibility index (Phi) is 5.94. The van der Waals surface area contributed by atoms with Crippen LogP contribution >= 0.6 is 0 Å². The molecule has 2 aromatic carbocycles. The predicted molar refractivity (Wildman–Crippen MR) is 125 cm³/mol. The third-order valence-corrected chi connectivity index (χ3v) is 6.64. The predicted octanol–water partition coefficient (Wildman–Crippen LogP) is 5.36. The van der Waals surface area contributed by atoms with E-state index in [-0.39, 0.29) is 0 Å². The Morgan fingerprint density at radius 2 is 1.84 bits per heavy atom. The summed E-state index contributed by atoms with van der Waals surface area (Å²) in [6, 6.07) is 19.5.